The molecular weight excluding hydrogens is 155 g/mol. The second-order valence-electron chi connectivity index (χ2n) is 0.613. The second kappa shape index (κ2) is 3.00. The van der Waals surface area contributed by atoms with Crippen molar-refractivity contribution in [3.05, 3.63) is 0 Å². The molecule has 0 spiro atoms. The zero-order valence-corrected chi connectivity index (χ0v) is 5.52. The topological polar surface area (TPSA) is 18.5 Å². The van der Waals surface area contributed by atoms with Gasteiger partial charge in [-0.2, -0.15) is 0 Å². The Morgan fingerprint density at radius 3 is 2.43 bits per heavy atom. The van der Waals surface area contributed by atoms with E-state index in [2.05, 4.69) is 20.9 Å². The predicted octanol–water partition coefficient (Wildman–Crippen LogP) is 1.74. The van der Waals surface area contributed by atoms with Gasteiger partial charge in [-0.25, -0.2) is 0 Å². The van der Waals surface area contributed by atoms with Gasteiger partial charge in [-0.05, 0) is 23.0 Å². The van der Waals surface area contributed by atoms with Crippen molar-refractivity contribution in [2.24, 2.45) is 0 Å². The van der Waals surface area contributed by atoms with Crippen LogP contribution in [0.3, 0.4) is 0 Å². The summed E-state index contributed by atoms with van der Waals surface area (Å²) >= 11 is 9.62. The molecule has 0 bridgehead atoms. The largest absolute Gasteiger partial charge is 0.321 e. The minimum Gasteiger partial charge on any atom is -0.321 e. The number of halogens is 1. The van der Waals surface area contributed by atoms with Gasteiger partial charge in [-0.1, -0.05) is 0 Å². The summed E-state index contributed by atoms with van der Waals surface area (Å²) in [6.07, 6.45) is 0. The van der Waals surface area contributed by atoms with Crippen molar-refractivity contribution in [1.82, 2.24) is 0 Å². The Morgan fingerprint density at radius 1 is 1.71 bits per heavy atom. The maximum atomic E-state index is 6.62. The SMILES string of the molecule is [2H]C([2H])([2H])OP(=S)(Cl)OC([2H])([2H])[2H]. The van der Waals surface area contributed by atoms with E-state index in [-0.39, 0.29) is 0 Å². The Labute approximate surface area is 61.1 Å². The molecule has 0 aliphatic rings. The van der Waals surface area contributed by atoms with E-state index in [9.17, 15) is 0 Å². The highest BCUT2D eigenvalue weighted by Crippen LogP contribution is 2.51. The van der Waals surface area contributed by atoms with E-state index in [1.54, 1.807) is 0 Å². The van der Waals surface area contributed by atoms with E-state index in [1.165, 1.54) is 0 Å². The molecule has 0 aromatic carbocycles. The molecule has 7 heavy (non-hydrogen) atoms. The van der Waals surface area contributed by atoms with Crippen LogP contribution in [0.2, 0.25) is 0 Å². The summed E-state index contributed by atoms with van der Waals surface area (Å²) in [6, 6.07) is 0. The van der Waals surface area contributed by atoms with Crippen molar-refractivity contribution >= 4 is 28.9 Å². The highest BCUT2D eigenvalue weighted by Gasteiger charge is 2.06. The van der Waals surface area contributed by atoms with Gasteiger partial charge >= 0.3 is 0 Å². The Hall–Kier alpha value is 0.860. The molecule has 0 unspecified atom stereocenters. The standard InChI is InChI=1S/C2H6ClO2PS/c1-4-6(3,7)5-2/h1-2H3/i1D3,2D3. The monoisotopic (exact) mass is 166 g/mol. The molecule has 44 valence electrons. The molecular formula is C2H6ClO2PS. The Bertz CT molecular complexity index is 204. The van der Waals surface area contributed by atoms with E-state index < -0.39 is 19.9 Å². The van der Waals surface area contributed by atoms with Crippen LogP contribution in [-0.4, -0.2) is 14.1 Å². The fraction of sp³-hybridized carbons (Fsp3) is 1.00. The number of rotatable bonds is 2. The van der Waals surface area contributed by atoms with Crippen molar-refractivity contribution < 1.29 is 17.3 Å². The zero-order valence-electron chi connectivity index (χ0n) is 9.05. The van der Waals surface area contributed by atoms with Crippen LogP contribution in [0.4, 0.5) is 0 Å². The van der Waals surface area contributed by atoms with Crippen molar-refractivity contribution in [3.63, 3.8) is 0 Å². The van der Waals surface area contributed by atoms with Gasteiger partial charge in [0.15, 0.2) is 0 Å². The summed E-state index contributed by atoms with van der Waals surface area (Å²) in [4.78, 5) is 0. The van der Waals surface area contributed by atoms with Crippen molar-refractivity contribution in [1.29, 1.82) is 0 Å². The fourth-order valence-electron chi connectivity index (χ4n) is 0.0186. The van der Waals surface area contributed by atoms with Gasteiger partial charge in [-0.3, -0.25) is 0 Å². The molecule has 0 radical (unpaired) electrons. The third-order valence-corrected chi connectivity index (χ3v) is 1.52. The van der Waals surface area contributed by atoms with E-state index in [1.807, 2.05) is 0 Å². The van der Waals surface area contributed by atoms with Crippen LogP contribution >= 0.6 is 17.1 Å². The van der Waals surface area contributed by atoms with Gasteiger partial charge in [0.25, 0.3) is 5.84 Å². The van der Waals surface area contributed by atoms with Crippen LogP contribution in [0.15, 0.2) is 0 Å². The first-order chi connectivity index (χ1) is 5.41. The normalized spacial score (nSPS) is 28.1. The molecule has 0 aliphatic heterocycles. The van der Waals surface area contributed by atoms with Crippen molar-refractivity contribution in [2.45, 2.75) is 0 Å². The van der Waals surface area contributed by atoms with E-state index in [4.69, 9.17) is 19.5 Å². The van der Waals surface area contributed by atoms with Gasteiger partial charge in [0.2, 0.25) is 0 Å². The predicted molar refractivity (Wildman–Crippen MR) is 34.2 cm³/mol. The highest BCUT2D eigenvalue weighted by atomic mass is 35.7. The number of hydrogen-bond donors (Lipinski definition) is 0. The Kier molecular flexibility index (Phi) is 0.959. The van der Waals surface area contributed by atoms with Crippen LogP contribution in [0, 0.1) is 0 Å². The maximum absolute atomic E-state index is 6.62. The Balaban J connectivity index is 4.35. The van der Waals surface area contributed by atoms with Crippen LogP contribution in [0.25, 0.3) is 0 Å². The van der Waals surface area contributed by atoms with Crippen molar-refractivity contribution in [2.75, 3.05) is 14.1 Å². The smallest absolute Gasteiger partial charge is 0.281 e. The lowest BCUT2D eigenvalue weighted by atomic mass is 11.8. The molecule has 0 N–H and O–H groups in total. The molecule has 0 aromatic heterocycles. The molecule has 0 amide bonds. The van der Waals surface area contributed by atoms with Gasteiger partial charge < -0.3 is 9.05 Å². The first-order valence-corrected chi connectivity index (χ1v) is 4.67. The second-order valence-corrected chi connectivity index (χ2v) is 5.22. The van der Waals surface area contributed by atoms with E-state index >= 15 is 0 Å². The van der Waals surface area contributed by atoms with Crippen LogP contribution < -0.4 is 0 Å². The minimum absolute atomic E-state index is 2.86. The summed E-state index contributed by atoms with van der Waals surface area (Å²) in [5.74, 6) is -3.76. The lowest BCUT2D eigenvalue weighted by Gasteiger charge is -2.05. The molecule has 0 saturated carbocycles. The first-order valence-electron chi connectivity index (χ1n) is 4.13. The van der Waals surface area contributed by atoms with Gasteiger partial charge in [0.1, 0.15) is 0 Å². The van der Waals surface area contributed by atoms with Crippen molar-refractivity contribution in [3.8, 4) is 0 Å². The van der Waals surface area contributed by atoms with Gasteiger partial charge in [-0.15, -0.1) is 0 Å². The average molecular weight is 167 g/mol. The average Bonchev–Trinajstić information content (AvgIpc) is 1.43. The van der Waals surface area contributed by atoms with Crippen LogP contribution in [0.5, 0.6) is 0 Å². The van der Waals surface area contributed by atoms with Crippen LogP contribution in [-0.2, 0) is 20.9 Å². The Morgan fingerprint density at radius 2 is 2.14 bits per heavy atom. The first kappa shape index (κ1) is 2.24. The quantitative estimate of drug-likeness (QED) is 0.583. The van der Waals surface area contributed by atoms with E-state index in [0.29, 0.717) is 0 Å². The molecule has 2 nitrogen and oxygen atoms in total. The molecule has 0 rings (SSSR count). The summed E-state index contributed by atoms with van der Waals surface area (Å²) in [5, 5.41) is 0. The summed E-state index contributed by atoms with van der Waals surface area (Å²) in [5.41, 5.74) is 0. The number of hydrogen-bond acceptors (Lipinski definition) is 3. The van der Waals surface area contributed by atoms with Gasteiger partial charge in [0.05, 0.1) is 8.22 Å². The summed E-state index contributed by atoms with van der Waals surface area (Å²) in [6.45, 7) is 0. The summed E-state index contributed by atoms with van der Waals surface area (Å²) < 4.78 is 47.9. The third kappa shape index (κ3) is 3.44. The molecule has 0 heterocycles. The molecule has 0 atom stereocenters. The molecule has 0 saturated heterocycles. The lowest BCUT2D eigenvalue weighted by Crippen LogP contribution is -1.75. The van der Waals surface area contributed by atoms with Gasteiger partial charge in [0, 0.05) is 14.1 Å². The zero-order chi connectivity index (χ0) is 10.9. The lowest BCUT2D eigenvalue weighted by molar-refractivity contribution is 0.352. The maximum Gasteiger partial charge on any atom is 0.281 e. The summed E-state index contributed by atoms with van der Waals surface area (Å²) in [7, 11) is -5.72. The molecule has 0 aromatic rings. The van der Waals surface area contributed by atoms with E-state index in [0.717, 1.165) is 0 Å². The van der Waals surface area contributed by atoms with Crippen LogP contribution in [0.1, 0.15) is 8.22 Å². The molecule has 0 fully saturated rings. The third-order valence-electron chi connectivity index (χ3n) is 0.218. The highest BCUT2D eigenvalue weighted by molar-refractivity contribution is 8.22. The minimum atomic E-state index is -3.76. The molecule has 0 aliphatic carbocycles. The fourth-order valence-corrected chi connectivity index (χ4v) is 0.0559. The molecule has 5 heteroatoms.